The van der Waals surface area contributed by atoms with Crippen molar-refractivity contribution in [3.05, 3.63) is 0 Å². The summed E-state index contributed by atoms with van der Waals surface area (Å²) in [4.78, 5) is 24.0. The first-order chi connectivity index (χ1) is 6.79. The number of hydrogen-bond donors (Lipinski definition) is 0. The third-order valence-corrected chi connectivity index (χ3v) is 6.13. The van der Waals surface area contributed by atoms with Crippen molar-refractivity contribution in [2.45, 2.75) is 12.8 Å². The molecule has 5 fully saturated rings. The van der Waals surface area contributed by atoms with Gasteiger partial charge in [-0.25, -0.2) is 0 Å². The van der Waals surface area contributed by atoms with E-state index in [1.807, 2.05) is 0 Å². The molecular formula is C12H12O2. The molecule has 0 aromatic carbocycles. The highest BCUT2D eigenvalue weighted by Gasteiger charge is 2.79. The van der Waals surface area contributed by atoms with Crippen molar-refractivity contribution in [2.75, 3.05) is 0 Å². The topological polar surface area (TPSA) is 34.1 Å². The second-order valence-corrected chi connectivity index (χ2v) is 6.03. The van der Waals surface area contributed by atoms with Crippen LogP contribution < -0.4 is 0 Å². The highest BCUT2D eigenvalue weighted by Crippen LogP contribution is 2.78. The summed E-state index contributed by atoms with van der Waals surface area (Å²) in [5, 5.41) is 0. The van der Waals surface area contributed by atoms with Gasteiger partial charge in [-0.15, -0.1) is 0 Å². The molecule has 0 heterocycles. The van der Waals surface area contributed by atoms with Gasteiger partial charge in [0.2, 0.25) is 0 Å². The maximum atomic E-state index is 12.1. The van der Waals surface area contributed by atoms with Crippen molar-refractivity contribution in [3.63, 3.8) is 0 Å². The summed E-state index contributed by atoms with van der Waals surface area (Å²) in [6, 6.07) is 0. The van der Waals surface area contributed by atoms with Crippen LogP contribution in [-0.4, -0.2) is 11.6 Å². The first-order valence-electron chi connectivity index (χ1n) is 5.85. The summed E-state index contributed by atoms with van der Waals surface area (Å²) in [6.07, 6.45) is 2.04. The van der Waals surface area contributed by atoms with E-state index in [0.717, 1.165) is 18.3 Å². The molecule has 0 amide bonds. The predicted molar refractivity (Wildman–Crippen MR) is 47.2 cm³/mol. The van der Waals surface area contributed by atoms with Gasteiger partial charge >= 0.3 is 0 Å². The molecule has 14 heavy (non-hydrogen) atoms. The summed E-state index contributed by atoms with van der Waals surface area (Å²) in [6.45, 7) is 0. The van der Waals surface area contributed by atoms with Gasteiger partial charge < -0.3 is 0 Å². The summed E-state index contributed by atoms with van der Waals surface area (Å²) in [5.41, 5.74) is 0. The SMILES string of the molecule is O=C1CC2C3CC4C2C(=O)C2C1C3C42. The normalized spacial score (nSPS) is 70.6. The maximum absolute atomic E-state index is 12.1. The van der Waals surface area contributed by atoms with Crippen molar-refractivity contribution in [1.29, 1.82) is 0 Å². The van der Waals surface area contributed by atoms with Crippen LogP contribution in [0.5, 0.6) is 0 Å². The standard InChI is InChI=1S/C12H12O2/c13-6-2-4-3-1-5-7(4)12(14)11-9(5)8(3)10(6)11/h3-5,7-11H,1-2H2. The monoisotopic (exact) mass is 188 g/mol. The number of rotatable bonds is 0. The van der Waals surface area contributed by atoms with E-state index in [1.54, 1.807) is 0 Å². The number of hydrogen-bond acceptors (Lipinski definition) is 2. The molecule has 72 valence electrons. The Morgan fingerprint density at radius 2 is 1.64 bits per heavy atom. The van der Waals surface area contributed by atoms with Gasteiger partial charge in [-0.1, -0.05) is 0 Å². The molecule has 0 spiro atoms. The third kappa shape index (κ3) is 0.396. The zero-order valence-electron chi connectivity index (χ0n) is 7.85. The van der Waals surface area contributed by atoms with Crippen LogP contribution in [0.4, 0.5) is 0 Å². The minimum atomic E-state index is 0.200. The lowest BCUT2D eigenvalue weighted by atomic mass is 9.50. The van der Waals surface area contributed by atoms with E-state index >= 15 is 0 Å². The third-order valence-electron chi connectivity index (χ3n) is 6.13. The smallest absolute Gasteiger partial charge is 0.140 e. The highest BCUT2D eigenvalue weighted by molar-refractivity contribution is 5.99. The van der Waals surface area contributed by atoms with Gasteiger partial charge in [0.05, 0.1) is 0 Å². The van der Waals surface area contributed by atoms with Gasteiger partial charge in [-0.3, -0.25) is 9.59 Å². The van der Waals surface area contributed by atoms with E-state index in [-0.39, 0.29) is 11.8 Å². The molecule has 0 aromatic rings. The number of carbonyl (C=O) groups is 2. The molecule has 0 saturated heterocycles. The van der Waals surface area contributed by atoms with Crippen LogP contribution in [0.3, 0.4) is 0 Å². The van der Waals surface area contributed by atoms with Crippen molar-refractivity contribution in [3.8, 4) is 0 Å². The van der Waals surface area contributed by atoms with Crippen LogP contribution in [0.2, 0.25) is 0 Å². The summed E-state index contributed by atoms with van der Waals surface area (Å²) in [7, 11) is 0. The van der Waals surface area contributed by atoms with Crippen LogP contribution in [0.15, 0.2) is 0 Å². The van der Waals surface area contributed by atoms with E-state index in [0.29, 0.717) is 35.2 Å². The molecular weight excluding hydrogens is 176 g/mol. The molecule has 0 aliphatic heterocycles. The molecule has 5 rings (SSSR count). The van der Waals surface area contributed by atoms with E-state index in [2.05, 4.69) is 0 Å². The molecule has 2 nitrogen and oxygen atoms in total. The molecule has 8 atom stereocenters. The van der Waals surface area contributed by atoms with Crippen molar-refractivity contribution >= 4 is 11.6 Å². The second kappa shape index (κ2) is 1.62. The van der Waals surface area contributed by atoms with Crippen LogP contribution in [0.1, 0.15) is 12.8 Å². The summed E-state index contributed by atoms with van der Waals surface area (Å²) < 4.78 is 0. The Balaban J connectivity index is 1.85. The molecule has 0 radical (unpaired) electrons. The quantitative estimate of drug-likeness (QED) is 0.566. The van der Waals surface area contributed by atoms with Gasteiger partial charge in [-0.2, -0.15) is 0 Å². The van der Waals surface area contributed by atoms with Crippen LogP contribution >= 0.6 is 0 Å². The number of Topliss-reactive ketones (excluding diaryl/α,β-unsaturated/α-hetero) is 2. The molecule has 5 aliphatic carbocycles. The Morgan fingerprint density at radius 1 is 0.857 bits per heavy atom. The minimum absolute atomic E-state index is 0.200. The van der Waals surface area contributed by atoms with E-state index in [9.17, 15) is 9.59 Å². The van der Waals surface area contributed by atoms with Crippen LogP contribution in [0, 0.1) is 47.3 Å². The van der Waals surface area contributed by atoms with E-state index < -0.39 is 0 Å². The summed E-state index contributed by atoms with van der Waals surface area (Å²) in [5.74, 6) is 5.00. The van der Waals surface area contributed by atoms with Gasteiger partial charge in [0.25, 0.3) is 0 Å². The fourth-order valence-corrected chi connectivity index (χ4v) is 6.05. The average molecular weight is 188 g/mol. The molecule has 5 saturated carbocycles. The lowest BCUT2D eigenvalue weighted by molar-refractivity contribution is -0.151. The fraction of sp³-hybridized carbons (Fsp3) is 0.833. The number of fused-ring (bicyclic) bond motifs is 2. The Bertz CT molecular complexity index is 399. The van der Waals surface area contributed by atoms with Gasteiger partial charge in [0.15, 0.2) is 0 Å². The first kappa shape index (κ1) is 6.76. The molecule has 0 N–H and O–H groups in total. The zero-order valence-corrected chi connectivity index (χ0v) is 7.85. The lowest BCUT2D eigenvalue weighted by Gasteiger charge is -2.52. The van der Waals surface area contributed by atoms with Crippen molar-refractivity contribution in [1.82, 2.24) is 0 Å². The van der Waals surface area contributed by atoms with Crippen LogP contribution in [0.25, 0.3) is 0 Å². The largest absolute Gasteiger partial charge is 0.299 e. The number of ketones is 2. The predicted octanol–water partition coefficient (Wildman–Crippen LogP) is 0.902. The molecule has 2 bridgehead atoms. The Morgan fingerprint density at radius 3 is 2.50 bits per heavy atom. The van der Waals surface area contributed by atoms with Gasteiger partial charge in [0.1, 0.15) is 11.6 Å². The Hall–Kier alpha value is -0.660. The average Bonchev–Trinajstić information content (AvgIpc) is 2.54. The molecule has 0 aromatic heterocycles. The Kier molecular flexibility index (Phi) is 0.780. The fourth-order valence-electron chi connectivity index (χ4n) is 6.05. The maximum Gasteiger partial charge on any atom is 0.140 e. The van der Waals surface area contributed by atoms with Gasteiger partial charge in [-0.05, 0) is 36.0 Å². The van der Waals surface area contributed by atoms with Gasteiger partial charge in [0, 0.05) is 24.2 Å². The first-order valence-corrected chi connectivity index (χ1v) is 5.85. The molecule has 5 aliphatic rings. The molecule has 8 unspecified atom stereocenters. The number of carbonyl (C=O) groups excluding carboxylic acids is 2. The van der Waals surface area contributed by atoms with E-state index in [1.165, 1.54) is 6.42 Å². The van der Waals surface area contributed by atoms with E-state index in [4.69, 9.17) is 0 Å². The molecule has 2 heteroatoms. The van der Waals surface area contributed by atoms with Crippen LogP contribution in [-0.2, 0) is 9.59 Å². The van der Waals surface area contributed by atoms with Crippen molar-refractivity contribution < 1.29 is 9.59 Å². The van der Waals surface area contributed by atoms with Crippen molar-refractivity contribution in [2.24, 2.45) is 47.3 Å². The lowest BCUT2D eigenvalue weighted by Crippen LogP contribution is -2.55. The highest BCUT2D eigenvalue weighted by atomic mass is 16.1. The Labute approximate surface area is 82.0 Å². The minimum Gasteiger partial charge on any atom is -0.299 e. The zero-order chi connectivity index (χ0) is 9.19. The summed E-state index contributed by atoms with van der Waals surface area (Å²) >= 11 is 0. The second-order valence-electron chi connectivity index (χ2n) is 6.03.